The third kappa shape index (κ3) is 4.21. The first-order valence-electron chi connectivity index (χ1n) is 9.28. The highest BCUT2D eigenvalue weighted by Crippen LogP contribution is 2.24. The Balaban J connectivity index is 1.41. The van der Waals surface area contributed by atoms with Crippen molar-refractivity contribution in [3.63, 3.8) is 0 Å². The number of fused-ring (bicyclic) bond motifs is 1. The zero-order valence-corrected chi connectivity index (χ0v) is 15.7. The summed E-state index contributed by atoms with van der Waals surface area (Å²) >= 11 is 0. The van der Waals surface area contributed by atoms with Gasteiger partial charge in [0.25, 0.3) is 0 Å². The second-order valence-electron chi connectivity index (χ2n) is 6.80. The smallest absolute Gasteiger partial charge is 0.228 e. The van der Waals surface area contributed by atoms with Crippen LogP contribution in [0.25, 0.3) is 10.8 Å². The van der Waals surface area contributed by atoms with Gasteiger partial charge in [-0.1, -0.05) is 60.2 Å². The molecular weight excluding hydrogens is 346 g/mol. The summed E-state index contributed by atoms with van der Waals surface area (Å²) in [6.07, 6.45) is 0.336. The average molecular weight is 367 g/mol. The van der Waals surface area contributed by atoms with Gasteiger partial charge in [0.2, 0.25) is 5.91 Å². The molecule has 0 radical (unpaired) electrons. The molecule has 1 amide bonds. The molecule has 0 spiro atoms. The molecule has 0 saturated heterocycles. The van der Waals surface area contributed by atoms with Crippen molar-refractivity contribution in [1.82, 2.24) is 0 Å². The third-order valence-corrected chi connectivity index (χ3v) is 4.63. The number of carbonyl (C=O) groups excluding carboxylic acids is 1. The zero-order valence-electron chi connectivity index (χ0n) is 15.7. The van der Waals surface area contributed by atoms with Gasteiger partial charge in [0, 0.05) is 5.69 Å². The van der Waals surface area contributed by atoms with E-state index in [9.17, 15) is 4.79 Å². The van der Waals surface area contributed by atoms with Crippen molar-refractivity contribution in [1.29, 1.82) is 0 Å². The van der Waals surface area contributed by atoms with Gasteiger partial charge in [0.1, 0.15) is 11.5 Å². The van der Waals surface area contributed by atoms with Crippen LogP contribution >= 0.6 is 0 Å². The molecule has 1 N–H and O–H groups in total. The molecular formula is C25H21NO2. The fourth-order valence-electron chi connectivity index (χ4n) is 3.17. The van der Waals surface area contributed by atoms with E-state index in [2.05, 4.69) is 23.5 Å². The quantitative estimate of drug-likeness (QED) is 0.461. The number of carbonyl (C=O) groups is 1. The summed E-state index contributed by atoms with van der Waals surface area (Å²) in [5, 5.41) is 5.22. The number of aryl methyl sites for hydroxylation is 1. The minimum atomic E-state index is -0.0384. The number of hydrogen-bond acceptors (Lipinski definition) is 2. The van der Waals surface area contributed by atoms with E-state index < -0.39 is 0 Å². The van der Waals surface area contributed by atoms with E-state index in [1.807, 2.05) is 79.7 Å². The van der Waals surface area contributed by atoms with Crippen LogP contribution in [-0.4, -0.2) is 5.91 Å². The molecule has 0 aromatic heterocycles. The van der Waals surface area contributed by atoms with Crippen LogP contribution in [0.4, 0.5) is 5.69 Å². The Labute approximate surface area is 164 Å². The second-order valence-corrected chi connectivity index (χ2v) is 6.80. The van der Waals surface area contributed by atoms with Gasteiger partial charge in [0.15, 0.2) is 0 Å². The van der Waals surface area contributed by atoms with E-state index in [4.69, 9.17) is 4.74 Å². The number of benzene rings is 4. The minimum Gasteiger partial charge on any atom is -0.457 e. The van der Waals surface area contributed by atoms with Crippen molar-refractivity contribution in [3.8, 4) is 11.5 Å². The van der Waals surface area contributed by atoms with Crippen LogP contribution in [0.1, 0.15) is 11.1 Å². The lowest BCUT2D eigenvalue weighted by molar-refractivity contribution is -0.115. The molecule has 0 aliphatic rings. The number of nitrogens with one attached hydrogen (secondary N) is 1. The highest BCUT2D eigenvalue weighted by Gasteiger charge is 2.07. The number of anilines is 1. The lowest BCUT2D eigenvalue weighted by Gasteiger charge is -2.09. The molecule has 0 saturated carbocycles. The molecule has 0 aliphatic carbocycles. The van der Waals surface area contributed by atoms with Crippen molar-refractivity contribution >= 4 is 22.4 Å². The van der Waals surface area contributed by atoms with E-state index in [0.29, 0.717) is 6.42 Å². The molecule has 0 fully saturated rings. The predicted molar refractivity (Wildman–Crippen MR) is 114 cm³/mol. The number of rotatable bonds is 5. The summed E-state index contributed by atoms with van der Waals surface area (Å²) in [7, 11) is 0. The third-order valence-electron chi connectivity index (χ3n) is 4.63. The van der Waals surface area contributed by atoms with E-state index in [-0.39, 0.29) is 5.91 Å². The van der Waals surface area contributed by atoms with E-state index in [1.165, 1.54) is 5.56 Å². The molecule has 4 aromatic carbocycles. The first kappa shape index (κ1) is 17.8. The Kier molecular flexibility index (Phi) is 5.07. The second kappa shape index (κ2) is 7.97. The van der Waals surface area contributed by atoms with Gasteiger partial charge in [-0.3, -0.25) is 4.79 Å². The fourth-order valence-corrected chi connectivity index (χ4v) is 3.17. The lowest BCUT2D eigenvalue weighted by Crippen LogP contribution is -2.14. The van der Waals surface area contributed by atoms with Gasteiger partial charge in [-0.25, -0.2) is 0 Å². The summed E-state index contributed by atoms with van der Waals surface area (Å²) in [5.41, 5.74) is 2.97. The molecule has 4 aromatic rings. The van der Waals surface area contributed by atoms with Crippen LogP contribution in [0.2, 0.25) is 0 Å². The van der Waals surface area contributed by atoms with Gasteiger partial charge in [-0.05, 0) is 59.7 Å². The highest BCUT2D eigenvalue weighted by molar-refractivity contribution is 5.96. The summed E-state index contributed by atoms with van der Waals surface area (Å²) < 4.78 is 5.82. The van der Waals surface area contributed by atoms with E-state index >= 15 is 0 Å². The average Bonchev–Trinajstić information content (AvgIpc) is 2.71. The first-order valence-corrected chi connectivity index (χ1v) is 9.28. The minimum absolute atomic E-state index is 0.0384. The Morgan fingerprint density at radius 2 is 1.43 bits per heavy atom. The van der Waals surface area contributed by atoms with Crippen molar-refractivity contribution in [2.45, 2.75) is 13.3 Å². The van der Waals surface area contributed by atoms with Crippen molar-refractivity contribution < 1.29 is 9.53 Å². The normalized spacial score (nSPS) is 10.6. The SMILES string of the molecule is Cc1ccc(Oc2ccc(NC(=O)Cc3cccc4ccccc34)cc2)cc1. The van der Waals surface area contributed by atoms with Crippen LogP contribution in [0.3, 0.4) is 0 Å². The monoisotopic (exact) mass is 367 g/mol. The van der Waals surface area contributed by atoms with Crippen LogP contribution < -0.4 is 10.1 Å². The lowest BCUT2D eigenvalue weighted by atomic mass is 10.0. The molecule has 0 aliphatic heterocycles. The zero-order chi connectivity index (χ0) is 19.3. The number of ether oxygens (including phenoxy) is 1. The van der Waals surface area contributed by atoms with Crippen molar-refractivity contribution in [2.24, 2.45) is 0 Å². The molecule has 0 unspecified atom stereocenters. The molecule has 0 heterocycles. The molecule has 138 valence electrons. The van der Waals surface area contributed by atoms with E-state index in [0.717, 1.165) is 33.5 Å². The van der Waals surface area contributed by atoms with Crippen LogP contribution in [0.5, 0.6) is 11.5 Å². The van der Waals surface area contributed by atoms with Gasteiger partial charge in [-0.2, -0.15) is 0 Å². The Bertz CT molecular complexity index is 1090. The standard InChI is InChI=1S/C25H21NO2/c1-18-9-13-22(14-10-18)28-23-15-11-21(12-16-23)26-25(27)17-20-7-4-6-19-5-2-3-8-24(19)20/h2-16H,17H2,1H3,(H,26,27). The van der Waals surface area contributed by atoms with Crippen molar-refractivity contribution in [3.05, 3.63) is 102 Å². The van der Waals surface area contributed by atoms with Crippen molar-refractivity contribution in [2.75, 3.05) is 5.32 Å². The molecule has 3 nitrogen and oxygen atoms in total. The topological polar surface area (TPSA) is 38.3 Å². The van der Waals surface area contributed by atoms with Gasteiger partial charge in [-0.15, -0.1) is 0 Å². The molecule has 0 bridgehead atoms. The predicted octanol–water partition coefficient (Wildman–Crippen LogP) is 6.12. The largest absolute Gasteiger partial charge is 0.457 e. The van der Waals surface area contributed by atoms with Gasteiger partial charge >= 0.3 is 0 Å². The van der Waals surface area contributed by atoms with Gasteiger partial charge in [0.05, 0.1) is 6.42 Å². The number of amides is 1. The maximum Gasteiger partial charge on any atom is 0.228 e. The Morgan fingerprint density at radius 1 is 0.786 bits per heavy atom. The van der Waals surface area contributed by atoms with E-state index in [1.54, 1.807) is 0 Å². The summed E-state index contributed by atoms with van der Waals surface area (Å²) in [6, 6.07) is 29.5. The molecule has 28 heavy (non-hydrogen) atoms. The van der Waals surface area contributed by atoms with Crippen LogP contribution in [-0.2, 0) is 11.2 Å². The highest BCUT2D eigenvalue weighted by atomic mass is 16.5. The number of hydrogen-bond donors (Lipinski definition) is 1. The maximum absolute atomic E-state index is 12.5. The molecule has 0 atom stereocenters. The maximum atomic E-state index is 12.5. The molecule has 4 rings (SSSR count). The molecule has 3 heteroatoms. The van der Waals surface area contributed by atoms with Gasteiger partial charge < -0.3 is 10.1 Å². The summed E-state index contributed by atoms with van der Waals surface area (Å²) in [4.78, 5) is 12.5. The van der Waals surface area contributed by atoms with Crippen LogP contribution in [0, 0.1) is 6.92 Å². The fraction of sp³-hybridized carbons (Fsp3) is 0.0800. The summed E-state index contributed by atoms with van der Waals surface area (Å²) in [6.45, 7) is 2.04. The Hall–Kier alpha value is -3.59. The first-order chi connectivity index (χ1) is 13.7. The Morgan fingerprint density at radius 3 is 2.18 bits per heavy atom. The summed E-state index contributed by atoms with van der Waals surface area (Å²) in [5.74, 6) is 1.48. The van der Waals surface area contributed by atoms with Crippen LogP contribution in [0.15, 0.2) is 91.0 Å².